The third-order valence-electron chi connectivity index (χ3n) is 3.42. The Balaban J connectivity index is 1.88. The van der Waals surface area contributed by atoms with Crippen molar-refractivity contribution in [3.8, 4) is 0 Å². The molecule has 0 radical (unpaired) electrons. The van der Waals surface area contributed by atoms with Gasteiger partial charge in [-0.15, -0.1) is 0 Å². The lowest BCUT2D eigenvalue weighted by atomic mass is 10.1. The minimum Gasteiger partial charge on any atom is -0.320 e. The van der Waals surface area contributed by atoms with Crippen molar-refractivity contribution in [2.24, 2.45) is 0 Å². The molecule has 23 heavy (non-hydrogen) atoms. The first-order valence-corrected chi connectivity index (χ1v) is 7.61. The summed E-state index contributed by atoms with van der Waals surface area (Å²) in [5.74, 6) is -0.318. The second-order valence-electron chi connectivity index (χ2n) is 4.94. The molecule has 1 amide bonds. The van der Waals surface area contributed by atoms with Crippen LogP contribution in [0.1, 0.15) is 5.56 Å². The lowest BCUT2D eigenvalue weighted by molar-refractivity contribution is -0.111. The Morgan fingerprint density at radius 1 is 1.04 bits per heavy atom. The highest BCUT2D eigenvalue weighted by atomic mass is 35.5. The number of rotatable bonds is 3. The summed E-state index contributed by atoms with van der Waals surface area (Å²) < 4.78 is 0. The van der Waals surface area contributed by atoms with Crippen molar-refractivity contribution in [3.63, 3.8) is 0 Å². The van der Waals surface area contributed by atoms with Crippen molar-refractivity contribution < 1.29 is 4.79 Å². The zero-order chi connectivity index (χ0) is 16.4. The molecule has 0 spiro atoms. The highest BCUT2D eigenvalue weighted by molar-refractivity contribution is 6.42. The van der Waals surface area contributed by atoms with Crippen LogP contribution in [0.3, 0.4) is 0 Å². The second kappa shape index (κ2) is 6.41. The van der Waals surface area contributed by atoms with Crippen molar-refractivity contribution in [3.05, 3.63) is 76.9 Å². The van der Waals surface area contributed by atoms with Crippen LogP contribution in [-0.2, 0) is 4.79 Å². The highest BCUT2D eigenvalue weighted by Gasteiger charge is 2.13. The normalized spacial score (nSPS) is 10.5. The Morgan fingerprint density at radius 2 is 1.83 bits per heavy atom. The number of hydrogen-bond donors (Lipinski definition) is 1. The van der Waals surface area contributed by atoms with Gasteiger partial charge in [0.1, 0.15) is 0 Å². The summed E-state index contributed by atoms with van der Waals surface area (Å²) in [5, 5.41) is 4.60. The summed E-state index contributed by atoms with van der Waals surface area (Å²) in [4.78, 5) is 16.7. The Kier molecular flexibility index (Phi) is 4.33. The van der Waals surface area contributed by atoms with Crippen molar-refractivity contribution in [2.45, 2.75) is 0 Å². The van der Waals surface area contributed by atoms with Crippen LogP contribution < -0.4 is 5.32 Å². The third kappa shape index (κ3) is 3.21. The van der Waals surface area contributed by atoms with Gasteiger partial charge in [0.15, 0.2) is 0 Å². The van der Waals surface area contributed by atoms with Gasteiger partial charge in [0.2, 0.25) is 0 Å². The standard InChI is InChI=1S/C18H12Cl2N2O/c1-11(13-7-8-14(19)15(20)10-13)18(23)22-16-6-2-4-12-5-3-9-21-17(12)16/h2-10H,1H2,(H,22,23). The molecule has 0 saturated heterocycles. The van der Waals surface area contributed by atoms with Crippen molar-refractivity contribution in [2.75, 3.05) is 5.32 Å². The summed E-state index contributed by atoms with van der Waals surface area (Å²) in [6, 6.07) is 14.3. The Labute approximate surface area is 143 Å². The van der Waals surface area contributed by atoms with E-state index in [1.807, 2.05) is 24.3 Å². The van der Waals surface area contributed by atoms with Gasteiger partial charge in [-0.2, -0.15) is 0 Å². The molecule has 3 rings (SSSR count). The Hall–Kier alpha value is -2.36. The number of anilines is 1. The van der Waals surface area contributed by atoms with E-state index in [9.17, 15) is 4.79 Å². The number of nitrogens with zero attached hydrogens (tertiary/aromatic N) is 1. The van der Waals surface area contributed by atoms with Gasteiger partial charge >= 0.3 is 0 Å². The van der Waals surface area contributed by atoms with Gasteiger partial charge in [0, 0.05) is 17.2 Å². The smallest absolute Gasteiger partial charge is 0.255 e. The lowest BCUT2D eigenvalue weighted by Crippen LogP contribution is -2.13. The molecule has 0 atom stereocenters. The Bertz CT molecular complexity index is 917. The molecule has 3 nitrogen and oxygen atoms in total. The van der Waals surface area contributed by atoms with Crippen molar-refractivity contribution in [1.29, 1.82) is 0 Å². The van der Waals surface area contributed by atoms with E-state index < -0.39 is 0 Å². The van der Waals surface area contributed by atoms with Gasteiger partial charge in [-0.3, -0.25) is 9.78 Å². The number of pyridine rings is 1. The number of nitrogens with one attached hydrogen (secondary N) is 1. The van der Waals surface area contributed by atoms with Gasteiger partial charge in [-0.25, -0.2) is 0 Å². The molecule has 1 N–H and O–H groups in total. The predicted molar refractivity (Wildman–Crippen MR) is 95.9 cm³/mol. The van der Waals surface area contributed by atoms with Gasteiger partial charge in [-0.05, 0) is 29.8 Å². The number of para-hydroxylation sites is 1. The average molecular weight is 343 g/mol. The van der Waals surface area contributed by atoms with Crippen LogP contribution in [0.5, 0.6) is 0 Å². The van der Waals surface area contributed by atoms with Gasteiger partial charge in [0.25, 0.3) is 5.91 Å². The third-order valence-corrected chi connectivity index (χ3v) is 4.16. The number of fused-ring (bicyclic) bond motifs is 1. The van der Waals surface area contributed by atoms with Gasteiger partial charge < -0.3 is 5.32 Å². The monoisotopic (exact) mass is 342 g/mol. The zero-order valence-electron chi connectivity index (χ0n) is 12.0. The first-order valence-electron chi connectivity index (χ1n) is 6.85. The van der Waals surface area contributed by atoms with Crippen LogP contribution >= 0.6 is 23.2 Å². The first-order chi connectivity index (χ1) is 11.1. The highest BCUT2D eigenvalue weighted by Crippen LogP contribution is 2.27. The van der Waals surface area contributed by atoms with Gasteiger partial charge in [0.05, 0.1) is 21.2 Å². The van der Waals surface area contributed by atoms with Crippen LogP contribution in [0.15, 0.2) is 61.3 Å². The number of aromatic nitrogens is 1. The summed E-state index contributed by atoms with van der Waals surface area (Å²) in [6.07, 6.45) is 1.69. The van der Waals surface area contributed by atoms with E-state index in [0.717, 1.165) is 10.9 Å². The molecule has 114 valence electrons. The molecule has 0 aliphatic rings. The molecule has 0 saturated carbocycles. The first kappa shape index (κ1) is 15.5. The molecule has 5 heteroatoms. The maximum Gasteiger partial charge on any atom is 0.255 e. The van der Waals surface area contributed by atoms with E-state index in [1.54, 1.807) is 30.5 Å². The molecule has 0 fully saturated rings. The fraction of sp³-hybridized carbons (Fsp3) is 0. The van der Waals surface area contributed by atoms with Crippen LogP contribution in [0.25, 0.3) is 16.5 Å². The Morgan fingerprint density at radius 3 is 2.61 bits per heavy atom. The number of benzene rings is 2. The second-order valence-corrected chi connectivity index (χ2v) is 5.76. The summed E-state index contributed by atoms with van der Waals surface area (Å²) in [6.45, 7) is 3.84. The number of amides is 1. The summed E-state index contributed by atoms with van der Waals surface area (Å²) >= 11 is 11.9. The number of carbonyl (C=O) groups is 1. The fourth-order valence-corrected chi connectivity index (χ4v) is 2.52. The quantitative estimate of drug-likeness (QED) is 0.665. The molecule has 2 aromatic carbocycles. The predicted octanol–water partition coefficient (Wildman–Crippen LogP) is 5.19. The molecule has 3 aromatic rings. The molecule has 0 bridgehead atoms. The molecule has 1 aromatic heterocycles. The number of hydrogen-bond acceptors (Lipinski definition) is 2. The maximum atomic E-state index is 12.4. The zero-order valence-corrected chi connectivity index (χ0v) is 13.5. The van der Waals surface area contributed by atoms with Crippen LogP contribution in [0.4, 0.5) is 5.69 Å². The molecule has 1 heterocycles. The summed E-state index contributed by atoms with van der Waals surface area (Å²) in [5.41, 5.74) is 2.28. The largest absolute Gasteiger partial charge is 0.320 e. The molecule has 0 aliphatic carbocycles. The van der Waals surface area contributed by atoms with E-state index >= 15 is 0 Å². The fourth-order valence-electron chi connectivity index (χ4n) is 2.22. The lowest BCUT2D eigenvalue weighted by Gasteiger charge is -2.10. The van der Waals surface area contributed by atoms with E-state index in [1.165, 1.54) is 0 Å². The number of carbonyl (C=O) groups excluding carboxylic acids is 1. The minimum atomic E-state index is -0.318. The molecule has 0 unspecified atom stereocenters. The average Bonchev–Trinajstić information content (AvgIpc) is 2.57. The van der Waals surface area contributed by atoms with Crippen molar-refractivity contribution in [1.82, 2.24) is 4.98 Å². The van der Waals surface area contributed by atoms with Crippen LogP contribution in [0.2, 0.25) is 10.0 Å². The topological polar surface area (TPSA) is 42.0 Å². The SMILES string of the molecule is C=C(C(=O)Nc1cccc2cccnc12)c1ccc(Cl)c(Cl)c1. The van der Waals surface area contributed by atoms with Crippen LogP contribution in [-0.4, -0.2) is 10.9 Å². The van der Waals surface area contributed by atoms with E-state index in [0.29, 0.717) is 26.9 Å². The molecule has 0 aliphatic heterocycles. The molecular formula is C18H12Cl2N2O. The van der Waals surface area contributed by atoms with E-state index in [4.69, 9.17) is 23.2 Å². The van der Waals surface area contributed by atoms with E-state index in [2.05, 4.69) is 16.9 Å². The number of halogens is 2. The van der Waals surface area contributed by atoms with Gasteiger partial charge in [-0.1, -0.05) is 54.0 Å². The summed E-state index contributed by atoms with van der Waals surface area (Å²) in [7, 11) is 0. The molecular weight excluding hydrogens is 331 g/mol. The maximum absolute atomic E-state index is 12.4. The van der Waals surface area contributed by atoms with E-state index in [-0.39, 0.29) is 5.91 Å². The minimum absolute atomic E-state index is 0.302. The van der Waals surface area contributed by atoms with Crippen molar-refractivity contribution >= 4 is 51.3 Å². The van der Waals surface area contributed by atoms with Crippen LogP contribution in [0, 0.1) is 0 Å².